The molecule has 3 N–H and O–H groups in total. The number of hydrogen-bond donors (Lipinski definition) is 2. The Balaban J connectivity index is 1.14. The van der Waals surface area contributed by atoms with E-state index in [0.717, 1.165) is 17.0 Å². The molecule has 0 radical (unpaired) electrons. The maximum absolute atomic E-state index is 15.6. The van der Waals surface area contributed by atoms with E-state index in [1.165, 1.54) is 47.5 Å². The Labute approximate surface area is 272 Å². The van der Waals surface area contributed by atoms with Crippen LogP contribution in [0.25, 0.3) is 0 Å². The van der Waals surface area contributed by atoms with Crippen molar-refractivity contribution in [2.24, 2.45) is 11.1 Å². The number of nitrogens with two attached hydrogens (primary N) is 1. The van der Waals surface area contributed by atoms with Crippen LogP contribution >= 0.6 is 0 Å². The maximum atomic E-state index is 15.6. The lowest BCUT2D eigenvalue weighted by molar-refractivity contribution is -0.133. The van der Waals surface area contributed by atoms with E-state index in [1.807, 2.05) is 0 Å². The minimum atomic E-state index is -4.00. The summed E-state index contributed by atoms with van der Waals surface area (Å²) in [6.07, 6.45) is 0.737. The first-order valence-electron chi connectivity index (χ1n) is 14.4. The number of benzene rings is 3. The van der Waals surface area contributed by atoms with Crippen molar-refractivity contribution in [1.29, 1.82) is 0 Å². The number of urea groups is 1. The lowest BCUT2D eigenvalue weighted by atomic mass is 10.0. The van der Waals surface area contributed by atoms with Crippen molar-refractivity contribution in [2.45, 2.75) is 23.8 Å². The third kappa shape index (κ3) is 6.52. The van der Waals surface area contributed by atoms with Gasteiger partial charge >= 0.3 is 6.03 Å². The Morgan fingerprint density at radius 2 is 1.62 bits per heavy atom. The first kappa shape index (κ1) is 32.5. The smallest absolute Gasteiger partial charge is 0.323 e. The molecule has 2 heterocycles. The topological polar surface area (TPSA) is 161 Å². The van der Waals surface area contributed by atoms with Gasteiger partial charge in [0.05, 0.1) is 23.7 Å². The molecule has 48 heavy (non-hydrogen) atoms. The largest absolute Gasteiger partial charge is 0.454 e. The molecule has 16 heteroatoms. The number of carbonyl (C=O) groups excluding carboxylic acids is 3. The molecule has 0 unspecified atom stereocenters. The normalized spacial score (nSPS) is 15.3. The SMILES string of the molecule is NC(=O)C1(C(=O)N(c2ccc(F)cc2)c2cc(F)c(Oc3ccnc(NC(=O)N4CC(OS(=O)(=O)c5ccccc5)C4)c3)cc2F)CC1. The number of anilines is 3. The van der Waals surface area contributed by atoms with Crippen molar-refractivity contribution in [2.75, 3.05) is 23.3 Å². The standard InChI is InChI=1S/C32H26F3N5O7S/c33-19-6-8-20(9-7-19)40(30(42)32(11-12-32)29(36)41)26-15-25(35)27(16-24(26)34)46-21-10-13-37-28(14-21)38-31(43)39-17-22(18-39)47-48(44,45)23-4-2-1-3-5-23/h1-10,13-16,22H,11-12,17-18H2,(H2,36,41)(H,37,38,43). The van der Waals surface area contributed by atoms with Crippen molar-refractivity contribution >= 4 is 45.2 Å². The summed E-state index contributed by atoms with van der Waals surface area (Å²) in [6.45, 7) is -0.0220. The molecule has 248 valence electrons. The molecule has 6 rings (SSSR count). The van der Waals surface area contributed by atoms with Crippen LogP contribution in [-0.2, 0) is 23.9 Å². The fraction of sp³-hybridized carbons (Fsp3) is 0.188. The van der Waals surface area contributed by atoms with Crippen LogP contribution in [-0.4, -0.2) is 55.3 Å². The number of halogens is 3. The van der Waals surface area contributed by atoms with E-state index in [-0.39, 0.29) is 48.1 Å². The van der Waals surface area contributed by atoms with Crippen LogP contribution in [0.15, 0.2) is 90.0 Å². The molecule has 0 spiro atoms. The van der Waals surface area contributed by atoms with Gasteiger partial charge in [-0.05, 0) is 55.3 Å². The summed E-state index contributed by atoms with van der Waals surface area (Å²) in [5.74, 6) is -5.26. The van der Waals surface area contributed by atoms with E-state index in [0.29, 0.717) is 12.1 Å². The number of aromatic nitrogens is 1. The molecule has 2 fully saturated rings. The van der Waals surface area contributed by atoms with Crippen molar-refractivity contribution in [3.05, 3.63) is 103 Å². The fourth-order valence-corrected chi connectivity index (χ4v) is 6.06. The second-order valence-electron chi connectivity index (χ2n) is 11.1. The minimum absolute atomic E-state index is 0.00620. The zero-order valence-corrected chi connectivity index (χ0v) is 25.6. The number of primary amides is 1. The van der Waals surface area contributed by atoms with Gasteiger partial charge in [-0.3, -0.25) is 24.0 Å². The van der Waals surface area contributed by atoms with E-state index in [9.17, 15) is 27.2 Å². The third-order valence-corrected chi connectivity index (χ3v) is 9.16. The highest BCUT2D eigenvalue weighted by Crippen LogP contribution is 2.49. The van der Waals surface area contributed by atoms with Gasteiger partial charge in [-0.25, -0.2) is 22.9 Å². The predicted molar refractivity (Wildman–Crippen MR) is 164 cm³/mol. The van der Waals surface area contributed by atoms with Gasteiger partial charge in [0.15, 0.2) is 17.4 Å². The minimum Gasteiger partial charge on any atom is -0.454 e. The third-order valence-electron chi connectivity index (χ3n) is 7.79. The summed E-state index contributed by atoms with van der Waals surface area (Å²) in [4.78, 5) is 44.3. The summed E-state index contributed by atoms with van der Waals surface area (Å²) in [7, 11) is -4.00. The summed E-state index contributed by atoms with van der Waals surface area (Å²) >= 11 is 0. The highest BCUT2D eigenvalue weighted by Gasteiger charge is 2.57. The molecule has 3 aromatic carbocycles. The number of pyridine rings is 1. The van der Waals surface area contributed by atoms with E-state index in [1.54, 1.807) is 18.2 Å². The monoisotopic (exact) mass is 681 g/mol. The van der Waals surface area contributed by atoms with Gasteiger partial charge in [0.2, 0.25) is 11.8 Å². The molecule has 1 aliphatic heterocycles. The Hall–Kier alpha value is -5.48. The summed E-state index contributed by atoms with van der Waals surface area (Å²) in [5.41, 5.74) is 3.27. The predicted octanol–water partition coefficient (Wildman–Crippen LogP) is 4.84. The molecular weight excluding hydrogens is 655 g/mol. The number of ether oxygens (including phenoxy) is 1. The first-order valence-corrected chi connectivity index (χ1v) is 15.8. The number of nitrogens with zero attached hydrogens (tertiary/aromatic N) is 3. The van der Waals surface area contributed by atoms with Crippen LogP contribution in [0, 0.1) is 22.9 Å². The molecular formula is C32H26F3N5O7S. The van der Waals surface area contributed by atoms with Gasteiger partial charge in [-0.15, -0.1) is 0 Å². The van der Waals surface area contributed by atoms with Crippen molar-refractivity contribution < 1.29 is 44.9 Å². The molecule has 1 saturated carbocycles. The fourth-order valence-electron chi connectivity index (χ4n) is 4.97. The second kappa shape index (κ2) is 12.6. The first-order chi connectivity index (χ1) is 22.9. The lowest BCUT2D eigenvalue weighted by Crippen LogP contribution is -2.56. The zero-order chi connectivity index (χ0) is 34.2. The highest BCUT2D eigenvalue weighted by molar-refractivity contribution is 7.86. The second-order valence-corrected chi connectivity index (χ2v) is 12.7. The molecule has 12 nitrogen and oxygen atoms in total. The molecule has 1 aliphatic carbocycles. The molecule has 2 aliphatic rings. The van der Waals surface area contributed by atoms with Crippen molar-refractivity contribution in [3.63, 3.8) is 0 Å². The average molecular weight is 682 g/mol. The quantitative estimate of drug-likeness (QED) is 0.178. The molecule has 1 saturated heterocycles. The average Bonchev–Trinajstić information content (AvgIpc) is 3.85. The Kier molecular flexibility index (Phi) is 8.53. The van der Waals surface area contributed by atoms with Gasteiger partial charge in [-0.1, -0.05) is 18.2 Å². The van der Waals surface area contributed by atoms with Gasteiger partial charge in [-0.2, -0.15) is 8.42 Å². The maximum Gasteiger partial charge on any atom is 0.323 e. The number of nitrogens with one attached hydrogen (secondary N) is 1. The van der Waals surface area contributed by atoms with Crippen LogP contribution in [0.5, 0.6) is 11.5 Å². The summed E-state index contributed by atoms with van der Waals surface area (Å²) in [6, 6.07) is 15.3. The lowest BCUT2D eigenvalue weighted by Gasteiger charge is -2.37. The number of rotatable bonds is 10. The number of likely N-dealkylation sites (tertiary alicyclic amines) is 1. The molecule has 4 amide bonds. The summed E-state index contributed by atoms with van der Waals surface area (Å²) < 4.78 is 80.1. The van der Waals surface area contributed by atoms with Crippen molar-refractivity contribution in [1.82, 2.24) is 9.88 Å². The molecule has 1 aromatic heterocycles. The zero-order valence-electron chi connectivity index (χ0n) is 24.8. The Morgan fingerprint density at radius 1 is 0.938 bits per heavy atom. The molecule has 0 bridgehead atoms. The Bertz CT molecular complexity index is 2010. The van der Waals surface area contributed by atoms with Gasteiger partial charge in [0.25, 0.3) is 10.1 Å². The van der Waals surface area contributed by atoms with Crippen molar-refractivity contribution in [3.8, 4) is 11.5 Å². The Morgan fingerprint density at radius 3 is 2.27 bits per heavy atom. The van der Waals surface area contributed by atoms with Crippen LogP contribution in [0.1, 0.15) is 12.8 Å². The van der Waals surface area contributed by atoms with Crippen LogP contribution < -0.4 is 20.7 Å². The summed E-state index contributed by atoms with van der Waals surface area (Å²) in [5, 5.41) is 2.51. The van der Waals surface area contributed by atoms with E-state index in [4.69, 9.17) is 14.7 Å². The molecule has 4 aromatic rings. The number of hydrogen-bond acceptors (Lipinski definition) is 8. The van der Waals surface area contributed by atoms with Gasteiger partial charge in [0, 0.05) is 30.1 Å². The van der Waals surface area contributed by atoms with E-state index >= 15 is 8.78 Å². The van der Waals surface area contributed by atoms with Crippen LogP contribution in [0.4, 0.5) is 35.2 Å². The van der Waals surface area contributed by atoms with Gasteiger partial charge in [0.1, 0.15) is 28.9 Å². The van der Waals surface area contributed by atoms with Crippen LogP contribution in [0.3, 0.4) is 0 Å². The number of carbonyl (C=O) groups is 3. The van der Waals surface area contributed by atoms with E-state index in [2.05, 4.69) is 10.3 Å². The van der Waals surface area contributed by atoms with E-state index < -0.39 is 68.4 Å². The molecule has 0 atom stereocenters. The van der Waals surface area contributed by atoms with Gasteiger partial charge < -0.3 is 15.4 Å². The highest BCUT2D eigenvalue weighted by atomic mass is 32.2. The number of amides is 4. The van der Waals surface area contributed by atoms with Crippen LogP contribution in [0.2, 0.25) is 0 Å².